The molecule has 5 nitrogen and oxygen atoms in total. The zero-order valence-corrected chi connectivity index (χ0v) is 14.2. The maximum Gasteiger partial charge on any atom is 0.408 e. The van der Waals surface area contributed by atoms with Crippen molar-refractivity contribution < 1.29 is 19.1 Å². The van der Waals surface area contributed by atoms with Gasteiger partial charge in [0, 0.05) is 0 Å². The Kier molecular flexibility index (Phi) is 12.3. The van der Waals surface area contributed by atoms with Gasteiger partial charge in [0.05, 0.1) is 6.61 Å². The lowest BCUT2D eigenvalue weighted by Gasteiger charge is -2.20. The Morgan fingerprint density at radius 3 is 2.32 bits per heavy atom. The van der Waals surface area contributed by atoms with Crippen LogP contribution in [0.2, 0.25) is 0 Å². The molecule has 0 radical (unpaired) electrons. The van der Waals surface area contributed by atoms with Gasteiger partial charge in [0.15, 0.2) is 0 Å². The fourth-order valence-electron chi connectivity index (χ4n) is 1.95. The first kappa shape index (κ1) is 20.5. The third-order valence-corrected chi connectivity index (χ3v) is 3.27. The average Bonchev–Trinajstić information content (AvgIpc) is 2.49. The highest BCUT2D eigenvalue weighted by molar-refractivity contribution is 5.81. The third kappa shape index (κ3) is 10.2. The average molecular weight is 313 g/mol. The summed E-state index contributed by atoms with van der Waals surface area (Å²) in [5, 5.41) is 2.54. The van der Waals surface area contributed by atoms with E-state index in [4.69, 9.17) is 9.47 Å². The van der Waals surface area contributed by atoms with Crippen molar-refractivity contribution in [2.75, 3.05) is 13.2 Å². The van der Waals surface area contributed by atoms with Crippen LogP contribution in [0.3, 0.4) is 0 Å². The lowest BCUT2D eigenvalue weighted by Crippen LogP contribution is -2.45. The van der Waals surface area contributed by atoms with Crippen molar-refractivity contribution in [3.05, 3.63) is 12.7 Å². The highest BCUT2D eigenvalue weighted by Crippen LogP contribution is 2.07. The van der Waals surface area contributed by atoms with Crippen LogP contribution in [0.4, 0.5) is 4.79 Å². The van der Waals surface area contributed by atoms with Crippen LogP contribution in [0.15, 0.2) is 12.7 Å². The topological polar surface area (TPSA) is 64.6 Å². The molecule has 1 atom stereocenters. The molecule has 0 aromatic rings. The molecule has 0 saturated heterocycles. The molecule has 0 aromatic carbocycles. The van der Waals surface area contributed by atoms with E-state index in [0.29, 0.717) is 6.61 Å². The Bertz CT molecular complexity index is 329. The van der Waals surface area contributed by atoms with Crippen molar-refractivity contribution in [3.8, 4) is 0 Å². The summed E-state index contributed by atoms with van der Waals surface area (Å²) in [5.41, 5.74) is 0. The molecular formula is C17H31NO4. The second-order valence-electron chi connectivity index (χ2n) is 5.69. The molecule has 0 aromatic heterocycles. The van der Waals surface area contributed by atoms with E-state index in [0.717, 1.165) is 12.8 Å². The number of amides is 1. The van der Waals surface area contributed by atoms with E-state index in [2.05, 4.69) is 18.8 Å². The number of esters is 1. The second kappa shape index (κ2) is 13.2. The number of ether oxygens (including phenoxy) is 2. The molecule has 128 valence electrons. The van der Waals surface area contributed by atoms with Crippen molar-refractivity contribution in [1.29, 1.82) is 0 Å². The summed E-state index contributed by atoms with van der Waals surface area (Å²) < 4.78 is 10.1. The largest absolute Gasteiger partial charge is 0.464 e. The van der Waals surface area contributed by atoms with Crippen LogP contribution in [-0.2, 0) is 14.3 Å². The van der Waals surface area contributed by atoms with E-state index in [1.165, 1.54) is 31.8 Å². The summed E-state index contributed by atoms with van der Waals surface area (Å²) in [6, 6.07) is -0.683. The van der Waals surface area contributed by atoms with Crippen molar-refractivity contribution in [1.82, 2.24) is 5.32 Å². The van der Waals surface area contributed by atoms with E-state index < -0.39 is 18.1 Å². The van der Waals surface area contributed by atoms with Crippen LogP contribution < -0.4 is 5.32 Å². The van der Waals surface area contributed by atoms with Gasteiger partial charge in [0.1, 0.15) is 12.6 Å². The SMILES string of the molecule is C=CCOC(=O)NC(C(=O)OCCCCCCCC)C(C)C. The number of hydrogen-bond acceptors (Lipinski definition) is 4. The monoisotopic (exact) mass is 313 g/mol. The Hall–Kier alpha value is -1.52. The maximum absolute atomic E-state index is 12.0. The number of hydrogen-bond donors (Lipinski definition) is 1. The van der Waals surface area contributed by atoms with E-state index >= 15 is 0 Å². The minimum Gasteiger partial charge on any atom is -0.464 e. The van der Waals surface area contributed by atoms with Crippen molar-refractivity contribution >= 4 is 12.1 Å². The standard InChI is InChI=1S/C17H31NO4/c1-5-7-8-9-10-11-13-21-16(19)15(14(3)4)18-17(20)22-12-6-2/h6,14-15H,2,5,7-13H2,1,3-4H3,(H,18,20). The first-order chi connectivity index (χ1) is 10.5. The summed E-state index contributed by atoms with van der Waals surface area (Å²) in [5.74, 6) is -0.465. The number of carbonyl (C=O) groups is 2. The molecule has 0 bridgehead atoms. The Balaban J connectivity index is 3.99. The molecule has 0 spiro atoms. The van der Waals surface area contributed by atoms with Crippen molar-refractivity contribution in [2.24, 2.45) is 5.92 Å². The van der Waals surface area contributed by atoms with Crippen LogP contribution in [-0.4, -0.2) is 31.3 Å². The highest BCUT2D eigenvalue weighted by atomic mass is 16.6. The number of alkyl carbamates (subject to hydrolysis) is 1. The van der Waals surface area contributed by atoms with Gasteiger partial charge < -0.3 is 14.8 Å². The summed E-state index contributed by atoms with van der Waals surface area (Å²) >= 11 is 0. The third-order valence-electron chi connectivity index (χ3n) is 3.27. The molecule has 5 heteroatoms. The normalized spacial score (nSPS) is 11.8. The number of unbranched alkanes of at least 4 members (excludes halogenated alkanes) is 5. The first-order valence-electron chi connectivity index (χ1n) is 8.23. The molecule has 0 rings (SSSR count). The summed E-state index contributed by atoms with van der Waals surface area (Å²) in [4.78, 5) is 23.5. The molecule has 1 N–H and O–H groups in total. The lowest BCUT2D eigenvalue weighted by molar-refractivity contribution is -0.147. The van der Waals surface area contributed by atoms with Crippen molar-refractivity contribution in [2.45, 2.75) is 65.3 Å². The first-order valence-corrected chi connectivity index (χ1v) is 8.23. The van der Waals surface area contributed by atoms with E-state index in [1.54, 1.807) is 0 Å². The summed E-state index contributed by atoms with van der Waals surface area (Å²) in [6.07, 6.45) is 7.65. The molecular weight excluding hydrogens is 282 g/mol. The highest BCUT2D eigenvalue weighted by Gasteiger charge is 2.26. The smallest absolute Gasteiger partial charge is 0.408 e. The molecule has 0 heterocycles. The van der Waals surface area contributed by atoms with Crippen LogP contribution in [0.1, 0.15) is 59.3 Å². The predicted octanol–water partition coefficient (Wildman–Crippen LogP) is 3.83. The van der Waals surface area contributed by atoms with Gasteiger partial charge in [-0.05, 0) is 12.3 Å². The van der Waals surface area contributed by atoms with Crippen LogP contribution >= 0.6 is 0 Å². The van der Waals surface area contributed by atoms with Gasteiger partial charge in [-0.15, -0.1) is 0 Å². The maximum atomic E-state index is 12.0. The van der Waals surface area contributed by atoms with Gasteiger partial charge in [-0.1, -0.05) is 65.5 Å². The summed E-state index contributed by atoms with van der Waals surface area (Å²) in [7, 11) is 0. The van der Waals surface area contributed by atoms with Gasteiger partial charge in [0.2, 0.25) is 0 Å². The molecule has 0 saturated carbocycles. The Labute approximate surface area is 134 Å². The number of carbonyl (C=O) groups excluding carboxylic acids is 2. The molecule has 0 fully saturated rings. The van der Waals surface area contributed by atoms with Gasteiger partial charge >= 0.3 is 12.1 Å². The quantitative estimate of drug-likeness (QED) is 0.338. The van der Waals surface area contributed by atoms with Crippen molar-refractivity contribution in [3.63, 3.8) is 0 Å². The molecule has 22 heavy (non-hydrogen) atoms. The van der Waals surface area contributed by atoms with Gasteiger partial charge in [-0.25, -0.2) is 9.59 Å². The zero-order chi connectivity index (χ0) is 16.8. The Morgan fingerprint density at radius 2 is 1.73 bits per heavy atom. The zero-order valence-electron chi connectivity index (χ0n) is 14.2. The fourth-order valence-corrected chi connectivity index (χ4v) is 1.95. The second-order valence-corrected chi connectivity index (χ2v) is 5.69. The predicted molar refractivity (Wildman–Crippen MR) is 87.6 cm³/mol. The molecule has 0 aliphatic carbocycles. The minimum atomic E-state index is -0.683. The van der Waals surface area contributed by atoms with Crippen LogP contribution in [0.25, 0.3) is 0 Å². The summed E-state index contributed by atoms with van der Waals surface area (Å²) in [6.45, 7) is 9.86. The van der Waals surface area contributed by atoms with E-state index in [-0.39, 0.29) is 12.5 Å². The molecule has 1 unspecified atom stereocenters. The van der Waals surface area contributed by atoms with Crippen LogP contribution in [0, 0.1) is 5.92 Å². The van der Waals surface area contributed by atoms with E-state index in [9.17, 15) is 9.59 Å². The molecule has 0 aliphatic rings. The van der Waals surface area contributed by atoms with Gasteiger partial charge in [-0.2, -0.15) is 0 Å². The minimum absolute atomic E-state index is 0.0617. The van der Waals surface area contributed by atoms with E-state index in [1.807, 2.05) is 13.8 Å². The Morgan fingerprint density at radius 1 is 1.09 bits per heavy atom. The van der Waals surface area contributed by atoms with Crippen LogP contribution in [0.5, 0.6) is 0 Å². The number of rotatable bonds is 12. The molecule has 1 amide bonds. The number of nitrogens with one attached hydrogen (secondary N) is 1. The molecule has 0 aliphatic heterocycles. The lowest BCUT2D eigenvalue weighted by atomic mass is 10.1. The fraction of sp³-hybridized carbons (Fsp3) is 0.765. The van der Waals surface area contributed by atoms with Gasteiger partial charge in [0.25, 0.3) is 0 Å². The van der Waals surface area contributed by atoms with Gasteiger partial charge in [-0.3, -0.25) is 0 Å².